The van der Waals surface area contributed by atoms with Crippen LogP contribution in [-0.4, -0.2) is 24.1 Å². The van der Waals surface area contributed by atoms with Crippen molar-refractivity contribution in [3.8, 4) is 0 Å². The Kier molecular flexibility index (Phi) is 6.18. The Morgan fingerprint density at radius 3 is 2.53 bits per heavy atom. The molecule has 0 spiro atoms. The molecular weight excluding hydrogens is 240 g/mol. The number of unbranched alkanes of at least 4 members (excludes halogenated alkanes) is 1. The zero-order valence-electron chi connectivity index (χ0n) is 12.0. The molecule has 2 aliphatic carbocycles. The van der Waals surface area contributed by atoms with E-state index < -0.39 is 5.79 Å². The molecule has 0 aromatic heterocycles. The quantitative estimate of drug-likeness (QED) is 0.562. The van der Waals surface area contributed by atoms with Crippen LogP contribution in [0.5, 0.6) is 0 Å². The predicted molar refractivity (Wildman–Crippen MR) is 75.7 cm³/mol. The SMILES string of the molecule is OC1(OCCCCOC2=CCCCC2)CCCCC1. The lowest BCUT2D eigenvalue weighted by atomic mass is 9.94. The molecule has 1 N–H and O–H groups in total. The van der Waals surface area contributed by atoms with E-state index in [0.29, 0.717) is 6.61 Å². The lowest BCUT2D eigenvalue weighted by molar-refractivity contribution is -0.220. The van der Waals surface area contributed by atoms with Gasteiger partial charge in [0, 0.05) is 19.3 Å². The van der Waals surface area contributed by atoms with Gasteiger partial charge in [-0.2, -0.15) is 0 Å². The van der Waals surface area contributed by atoms with Gasteiger partial charge in [0.1, 0.15) is 0 Å². The van der Waals surface area contributed by atoms with E-state index in [4.69, 9.17) is 9.47 Å². The van der Waals surface area contributed by atoms with Gasteiger partial charge in [-0.25, -0.2) is 0 Å². The minimum Gasteiger partial charge on any atom is -0.498 e. The van der Waals surface area contributed by atoms with Gasteiger partial charge in [0.15, 0.2) is 5.79 Å². The zero-order valence-corrected chi connectivity index (χ0v) is 12.0. The number of allylic oxidation sites excluding steroid dienone is 2. The fourth-order valence-electron chi connectivity index (χ4n) is 2.86. The second-order valence-electron chi connectivity index (χ2n) is 5.83. The molecule has 3 nitrogen and oxygen atoms in total. The van der Waals surface area contributed by atoms with Crippen LogP contribution in [-0.2, 0) is 9.47 Å². The minimum atomic E-state index is -0.828. The van der Waals surface area contributed by atoms with Crippen molar-refractivity contribution in [1.29, 1.82) is 0 Å². The first-order chi connectivity index (χ1) is 9.29. The van der Waals surface area contributed by atoms with Crippen molar-refractivity contribution in [1.82, 2.24) is 0 Å². The molecule has 0 aromatic rings. The third-order valence-electron chi connectivity index (χ3n) is 4.08. The van der Waals surface area contributed by atoms with Crippen LogP contribution in [0.4, 0.5) is 0 Å². The van der Waals surface area contributed by atoms with Gasteiger partial charge in [-0.1, -0.05) is 6.42 Å². The van der Waals surface area contributed by atoms with Crippen molar-refractivity contribution in [2.75, 3.05) is 13.2 Å². The first-order valence-corrected chi connectivity index (χ1v) is 7.97. The molecule has 0 amide bonds. The number of hydrogen-bond acceptors (Lipinski definition) is 3. The van der Waals surface area contributed by atoms with Crippen LogP contribution in [0.3, 0.4) is 0 Å². The summed E-state index contributed by atoms with van der Waals surface area (Å²) in [5.41, 5.74) is 0. The van der Waals surface area contributed by atoms with Gasteiger partial charge in [-0.3, -0.25) is 0 Å². The molecule has 0 aromatic carbocycles. The summed E-state index contributed by atoms with van der Waals surface area (Å²) in [5, 5.41) is 10.2. The Morgan fingerprint density at radius 2 is 1.79 bits per heavy atom. The van der Waals surface area contributed by atoms with Crippen molar-refractivity contribution >= 4 is 0 Å². The van der Waals surface area contributed by atoms with Crippen molar-refractivity contribution in [3.63, 3.8) is 0 Å². The van der Waals surface area contributed by atoms with Crippen LogP contribution < -0.4 is 0 Å². The van der Waals surface area contributed by atoms with E-state index >= 15 is 0 Å². The Balaban J connectivity index is 1.48. The average Bonchev–Trinajstić information content (AvgIpc) is 2.44. The third-order valence-corrected chi connectivity index (χ3v) is 4.08. The van der Waals surface area contributed by atoms with Gasteiger partial charge >= 0.3 is 0 Å². The molecule has 0 radical (unpaired) electrons. The second kappa shape index (κ2) is 7.91. The van der Waals surface area contributed by atoms with E-state index in [1.54, 1.807) is 0 Å². The Labute approximate surface area is 117 Å². The molecular formula is C16H28O3. The largest absolute Gasteiger partial charge is 0.498 e. The average molecular weight is 268 g/mol. The summed E-state index contributed by atoms with van der Waals surface area (Å²) < 4.78 is 11.4. The van der Waals surface area contributed by atoms with Crippen molar-refractivity contribution in [2.45, 2.75) is 76.4 Å². The molecule has 3 heteroatoms. The summed E-state index contributed by atoms with van der Waals surface area (Å²) in [5.74, 6) is 0.350. The lowest BCUT2D eigenvalue weighted by Gasteiger charge is -2.31. The van der Waals surface area contributed by atoms with Crippen LogP contribution in [0.2, 0.25) is 0 Å². The predicted octanol–water partition coefficient (Wildman–Crippen LogP) is 3.91. The summed E-state index contributed by atoms with van der Waals surface area (Å²) in [4.78, 5) is 0. The highest BCUT2D eigenvalue weighted by Crippen LogP contribution is 2.29. The monoisotopic (exact) mass is 268 g/mol. The molecule has 0 saturated heterocycles. The van der Waals surface area contributed by atoms with Gasteiger partial charge in [-0.05, 0) is 51.0 Å². The van der Waals surface area contributed by atoms with Crippen molar-refractivity contribution in [3.05, 3.63) is 11.8 Å². The van der Waals surface area contributed by atoms with E-state index in [1.165, 1.54) is 31.4 Å². The highest BCUT2D eigenvalue weighted by molar-refractivity contribution is 4.96. The summed E-state index contributed by atoms with van der Waals surface area (Å²) in [6, 6.07) is 0. The highest BCUT2D eigenvalue weighted by Gasteiger charge is 2.29. The third kappa shape index (κ3) is 5.53. The van der Waals surface area contributed by atoms with Crippen molar-refractivity contribution < 1.29 is 14.6 Å². The fraction of sp³-hybridized carbons (Fsp3) is 0.875. The first-order valence-electron chi connectivity index (χ1n) is 7.97. The molecule has 0 aliphatic heterocycles. The standard InChI is InChI=1S/C16H28O3/c17-16(11-5-2-6-12-16)19-14-8-7-13-18-15-9-3-1-4-10-15/h9,17H,1-8,10-14H2. The molecule has 2 aliphatic rings. The van der Waals surface area contributed by atoms with Crippen LogP contribution in [0.25, 0.3) is 0 Å². The van der Waals surface area contributed by atoms with Gasteiger partial charge in [-0.15, -0.1) is 0 Å². The maximum atomic E-state index is 10.2. The van der Waals surface area contributed by atoms with Gasteiger partial charge in [0.25, 0.3) is 0 Å². The molecule has 2 rings (SSSR count). The Morgan fingerprint density at radius 1 is 1.00 bits per heavy atom. The molecule has 110 valence electrons. The van der Waals surface area contributed by atoms with Crippen molar-refractivity contribution in [2.24, 2.45) is 0 Å². The summed E-state index contributed by atoms with van der Waals surface area (Å²) >= 11 is 0. The normalized spacial score (nSPS) is 22.9. The Bertz CT molecular complexity index is 280. The molecule has 0 bridgehead atoms. The minimum absolute atomic E-state index is 0.652. The maximum Gasteiger partial charge on any atom is 0.165 e. The van der Waals surface area contributed by atoms with Gasteiger partial charge < -0.3 is 14.6 Å². The van der Waals surface area contributed by atoms with Gasteiger partial charge in [0.2, 0.25) is 0 Å². The number of ether oxygens (including phenoxy) is 2. The fourth-order valence-corrected chi connectivity index (χ4v) is 2.86. The topological polar surface area (TPSA) is 38.7 Å². The maximum absolute atomic E-state index is 10.2. The van der Waals surface area contributed by atoms with E-state index in [0.717, 1.165) is 51.6 Å². The Hall–Kier alpha value is -0.540. The molecule has 1 fully saturated rings. The van der Waals surface area contributed by atoms with E-state index in [1.807, 2.05) is 0 Å². The van der Waals surface area contributed by atoms with E-state index in [2.05, 4.69) is 6.08 Å². The summed E-state index contributed by atoms with van der Waals surface area (Å²) in [7, 11) is 0. The van der Waals surface area contributed by atoms with Crippen LogP contribution >= 0.6 is 0 Å². The van der Waals surface area contributed by atoms with Crippen LogP contribution in [0.1, 0.15) is 70.6 Å². The molecule has 19 heavy (non-hydrogen) atoms. The van der Waals surface area contributed by atoms with Gasteiger partial charge in [0.05, 0.1) is 19.0 Å². The molecule has 0 atom stereocenters. The number of rotatable bonds is 7. The summed E-state index contributed by atoms with van der Waals surface area (Å²) in [6.45, 7) is 1.44. The van der Waals surface area contributed by atoms with Crippen LogP contribution in [0, 0.1) is 0 Å². The van der Waals surface area contributed by atoms with E-state index in [9.17, 15) is 5.11 Å². The van der Waals surface area contributed by atoms with E-state index in [-0.39, 0.29) is 0 Å². The molecule has 1 saturated carbocycles. The smallest absolute Gasteiger partial charge is 0.165 e. The summed E-state index contributed by atoms with van der Waals surface area (Å²) in [6.07, 6.45) is 14.1. The zero-order chi connectivity index (χ0) is 13.4. The van der Waals surface area contributed by atoms with Crippen LogP contribution in [0.15, 0.2) is 11.8 Å². The lowest BCUT2D eigenvalue weighted by Crippen LogP contribution is -2.34. The number of aliphatic hydroxyl groups is 1. The second-order valence-corrected chi connectivity index (χ2v) is 5.83. The number of hydrogen-bond donors (Lipinski definition) is 1. The molecule has 0 heterocycles. The molecule has 0 unspecified atom stereocenters. The highest BCUT2D eigenvalue weighted by atomic mass is 16.6. The first kappa shape index (κ1) is 14.9.